The van der Waals surface area contributed by atoms with Crippen molar-refractivity contribution in [2.45, 2.75) is 46.6 Å². The third-order valence-electron chi connectivity index (χ3n) is 2.52. The molecule has 0 aliphatic heterocycles. The van der Waals surface area contributed by atoms with Crippen LogP contribution < -0.4 is 10.6 Å². The molecule has 0 saturated heterocycles. The summed E-state index contributed by atoms with van der Waals surface area (Å²) in [5.41, 5.74) is 0. The molecule has 0 spiro atoms. The normalized spacial score (nSPS) is 12.6. The Balaban J connectivity index is 4.00. The fourth-order valence-electron chi connectivity index (χ4n) is 1.34. The van der Waals surface area contributed by atoms with Crippen LogP contribution in [0.1, 0.15) is 40.5 Å². The molecule has 0 saturated carbocycles. The van der Waals surface area contributed by atoms with E-state index >= 15 is 0 Å². The summed E-state index contributed by atoms with van der Waals surface area (Å²) in [7, 11) is 0. The summed E-state index contributed by atoms with van der Waals surface area (Å²) < 4.78 is 0. The van der Waals surface area contributed by atoms with Gasteiger partial charge >= 0.3 is 12.0 Å². The summed E-state index contributed by atoms with van der Waals surface area (Å²) in [4.78, 5) is 22.1. The first-order valence-electron chi connectivity index (χ1n) is 6.09. The van der Waals surface area contributed by atoms with Crippen molar-refractivity contribution < 1.29 is 14.7 Å². The smallest absolute Gasteiger partial charge is 0.315 e. The summed E-state index contributed by atoms with van der Waals surface area (Å²) in [6.45, 7) is 8.56. The highest BCUT2D eigenvalue weighted by Crippen LogP contribution is 2.05. The lowest BCUT2D eigenvalue weighted by Gasteiger charge is -2.21. The number of urea groups is 1. The molecule has 3 N–H and O–H groups in total. The summed E-state index contributed by atoms with van der Waals surface area (Å²) in [5.74, 6) is -0.261. The fraction of sp³-hybridized carbons (Fsp3) is 0.833. The summed E-state index contributed by atoms with van der Waals surface area (Å²) in [6, 6.07) is -0.614. The Morgan fingerprint density at radius 2 is 1.76 bits per heavy atom. The topological polar surface area (TPSA) is 78.4 Å². The monoisotopic (exact) mass is 244 g/mol. The van der Waals surface area contributed by atoms with Crippen molar-refractivity contribution in [2.75, 3.05) is 6.54 Å². The Morgan fingerprint density at radius 1 is 1.18 bits per heavy atom. The quantitative estimate of drug-likeness (QED) is 0.639. The highest BCUT2D eigenvalue weighted by molar-refractivity contribution is 5.75. The van der Waals surface area contributed by atoms with E-state index in [9.17, 15) is 9.59 Å². The van der Waals surface area contributed by atoms with Crippen LogP contribution in [0.25, 0.3) is 0 Å². The van der Waals surface area contributed by atoms with Gasteiger partial charge in [-0.05, 0) is 18.3 Å². The molecule has 0 heterocycles. The molecule has 5 heteroatoms. The first-order chi connectivity index (χ1) is 7.82. The van der Waals surface area contributed by atoms with Gasteiger partial charge in [-0.25, -0.2) is 4.79 Å². The molecule has 0 aliphatic rings. The van der Waals surface area contributed by atoms with Gasteiger partial charge in [0.2, 0.25) is 0 Å². The van der Waals surface area contributed by atoms with Crippen LogP contribution >= 0.6 is 0 Å². The van der Waals surface area contributed by atoms with E-state index in [-0.39, 0.29) is 24.4 Å². The van der Waals surface area contributed by atoms with E-state index in [0.717, 1.165) is 6.42 Å². The number of rotatable bonds is 7. The third-order valence-corrected chi connectivity index (χ3v) is 2.52. The molecule has 0 rings (SSSR count). The number of nitrogens with one attached hydrogen (secondary N) is 2. The number of carboxylic acids is 1. The van der Waals surface area contributed by atoms with Crippen LogP contribution in [-0.2, 0) is 4.79 Å². The van der Waals surface area contributed by atoms with Crippen LogP contribution in [0.15, 0.2) is 0 Å². The first kappa shape index (κ1) is 15.7. The Labute approximate surface area is 103 Å². The molecular formula is C12H24N2O3. The van der Waals surface area contributed by atoms with E-state index < -0.39 is 5.97 Å². The van der Waals surface area contributed by atoms with Gasteiger partial charge < -0.3 is 15.7 Å². The highest BCUT2D eigenvalue weighted by atomic mass is 16.4. The minimum atomic E-state index is -0.897. The summed E-state index contributed by atoms with van der Waals surface area (Å²) in [6.07, 6.45) is 0.869. The van der Waals surface area contributed by atoms with E-state index in [1.165, 1.54) is 0 Å². The number of amides is 2. The van der Waals surface area contributed by atoms with Crippen molar-refractivity contribution in [1.82, 2.24) is 10.6 Å². The second kappa shape index (κ2) is 7.92. The molecule has 1 atom stereocenters. The van der Waals surface area contributed by atoms with Gasteiger partial charge in [-0.15, -0.1) is 0 Å². The standard InChI is InChI=1S/C12H24N2O3/c1-8(2)5-6-13-12(17)14-10(9(3)4)7-11(15)16/h8-10H,5-7H2,1-4H3,(H,15,16)(H2,13,14,17). The molecule has 0 aromatic heterocycles. The average molecular weight is 244 g/mol. The molecule has 0 fully saturated rings. The van der Waals surface area contributed by atoms with Crippen molar-refractivity contribution in [1.29, 1.82) is 0 Å². The zero-order valence-corrected chi connectivity index (χ0v) is 11.1. The third kappa shape index (κ3) is 8.54. The lowest BCUT2D eigenvalue weighted by atomic mass is 10.0. The molecule has 0 aromatic rings. The molecule has 100 valence electrons. The second-order valence-corrected chi connectivity index (χ2v) is 5.03. The largest absolute Gasteiger partial charge is 0.481 e. The van der Waals surface area contributed by atoms with E-state index in [4.69, 9.17) is 5.11 Å². The zero-order valence-electron chi connectivity index (χ0n) is 11.1. The van der Waals surface area contributed by atoms with Gasteiger partial charge in [0.25, 0.3) is 0 Å². The van der Waals surface area contributed by atoms with Crippen LogP contribution in [0.5, 0.6) is 0 Å². The maximum Gasteiger partial charge on any atom is 0.315 e. The second-order valence-electron chi connectivity index (χ2n) is 5.03. The van der Waals surface area contributed by atoms with Crippen LogP contribution in [0.4, 0.5) is 4.79 Å². The molecule has 0 bridgehead atoms. The minimum Gasteiger partial charge on any atom is -0.481 e. The summed E-state index contributed by atoms with van der Waals surface area (Å²) >= 11 is 0. The van der Waals surface area contributed by atoms with Crippen molar-refractivity contribution in [2.24, 2.45) is 11.8 Å². The molecule has 17 heavy (non-hydrogen) atoms. The zero-order chi connectivity index (χ0) is 13.4. The van der Waals surface area contributed by atoms with Gasteiger partial charge in [0, 0.05) is 12.6 Å². The Bertz CT molecular complexity index is 252. The Kier molecular flexibility index (Phi) is 7.34. The molecule has 0 aliphatic carbocycles. The number of aliphatic carboxylic acids is 1. The molecular weight excluding hydrogens is 220 g/mol. The fourth-order valence-corrected chi connectivity index (χ4v) is 1.34. The van der Waals surface area contributed by atoms with Crippen LogP contribution in [0, 0.1) is 11.8 Å². The van der Waals surface area contributed by atoms with Crippen molar-refractivity contribution in [3.05, 3.63) is 0 Å². The number of carbonyl (C=O) groups is 2. The minimum absolute atomic E-state index is 0.0464. The molecule has 5 nitrogen and oxygen atoms in total. The van der Waals surface area contributed by atoms with E-state index in [1.54, 1.807) is 0 Å². The predicted molar refractivity (Wildman–Crippen MR) is 66.9 cm³/mol. The lowest BCUT2D eigenvalue weighted by Crippen LogP contribution is -2.45. The van der Waals surface area contributed by atoms with Gasteiger partial charge in [-0.1, -0.05) is 27.7 Å². The number of hydrogen-bond donors (Lipinski definition) is 3. The highest BCUT2D eigenvalue weighted by Gasteiger charge is 2.18. The summed E-state index contributed by atoms with van der Waals surface area (Å²) in [5, 5.41) is 14.1. The van der Waals surface area contributed by atoms with E-state index in [2.05, 4.69) is 24.5 Å². The molecule has 1 unspecified atom stereocenters. The number of hydrogen-bond acceptors (Lipinski definition) is 2. The SMILES string of the molecule is CC(C)CCNC(=O)NC(CC(=O)O)C(C)C. The van der Waals surface area contributed by atoms with Gasteiger partial charge in [-0.3, -0.25) is 4.79 Å². The van der Waals surface area contributed by atoms with Crippen LogP contribution in [-0.4, -0.2) is 29.7 Å². The van der Waals surface area contributed by atoms with Gasteiger partial charge in [0.05, 0.1) is 6.42 Å². The van der Waals surface area contributed by atoms with Gasteiger partial charge in [0.1, 0.15) is 0 Å². The van der Waals surface area contributed by atoms with Gasteiger partial charge in [0.15, 0.2) is 0 Å². The van der Waals surface area contributed by atoms with Crippen molar-refractivity contribution in [3.63, 3.8) is 0 Å². The van der Waals surface area contributed by atoms with Crippen molar-refractivity contribution in [3.8, 4) is 0 Å². The van der Waals surface area contributed by atoms with E-state index in [0.29, 0.717) is 12.5 Å². The van der Waals surface area contributed by atoms with Crippen LogP contribution in [0.2, 0.25) is 0 Å². The van der Waals surface area contributed by atoms with Crippen molar-refractivity contribution >= 4 is 12.0 Å². The lowest BCUT2D eigenvalue weighted by molar-refractivity contribution is -0.137. The Morgan fingerprint density at radius 3 is 2.18 bits per heavy atom. The first-order valence-corrected chi connectivity index (χ1v) is 6.09. The molecule has 0 aromatic carbocycles. The maximum absolute atomic E-state index is 11.5. The predicted octanol–water partition coefficient (Wildman–Crippen LogP) is 1.83. The molecule has 2 amide bonds. The molecule has 0 radical (unpaired) electrons. The van der Waals surface area contributed by atoms with Gasteiger partial charge in [-0.2, -0.15) is 0 Å². The number of carbonyl (C=O) groups excluding carboxylic acids is 1. The van der Waals surface area contributed by atoms with E-state index in [1.807, 2.05) is 13.8 Å². The van der Waals surface area contributed by atoms with Crippen LogP contribution in [0.3, 0.4) is 0 Å². The Hall–Kier alpha value is -1.26. The maximum atomic E-state index is 11.5. The number of carboxylic acid groups (broad SMARTS) is 1. The average Bonchev–Trinajstić information content (AvgIpc) is 2.15.